The molecule has 0 saturated heterocycles. The monoisotopic (exact) mass is 435 g/mol. The normalized spacial score (nSPS) is 17.8. The molecule has 30 heavy (non-hydrogen) atoms. The van der Waals surface area contributed by atoms with Crippen molar-refractivity contribution in [2.75, 3.05) is 13.6 Å². The van der Waals surface area contributed by atoms with Gasteiger partial charge < -0.3 is 10.6 Å². The molecule has 3 aromatic rings. The molecule has 154 valence electrons. The van der Waals surface area contributed by atoms with Gasteiger partial charge in [-0.15, -0.1) is 11.3 Å². The average Bonchev–Trinajstić information content (AvgIpc) is 3.11. The van der Waals surface area contributed by atoms with Crippen LogP contribution in [0.2, 0.25) is 4.34 Å². The molecule has 2 N–H and O–H groups in total. The maximum atomic E-state index is 6.38. The summed E-state index contributed by atoms with van der Waals surface area (Å²) in [6.07, 6.45) is 1.93. The molecule has 4 rings (SSSR count). The molecule has 2 heterocycles. The van der Waals surface area contributed by atoms with Crippen LogP contribution in [0, 0.1) is 0 Å². The van der Waals surface area contributed by atoms with Gasteiger partial charge in [0.05, 0.1) is 10.9 Å². The number of allylic oxidation sites excluding steroid dienone is 2. The van der Waals surface area contributed by atoms with Crippen LogP contribution < -0.4 is 5.73 Å². The van der Waals surface area contributed by atoms with Crippen molar-refractivity contribution in [2.45, 2.75) is 25.9 Å². The van der Waals surface area contributed by atoms with Crippen LogP contribution in [-0.2, 0) is 13.1 Å². The first-order valence-electron chi connectivity index (χ1n) is 10.1. The van der Waals surface area contributed by atoms with E-state index in [1.54, 1.807) is 11.3 Å². The van der Waals surface area contributed by atoms with Crippen LogP contribution in [-0.4, -0.2) is 24.7 Å². The van der Waals surface area contributed by atoms with Crippen LogP contribution in [0.4, 0.5) is 0 Å². The molecule has 5 heteroatoms. The van der Waals surface area contributed by atoms with Gasteiger partial charge in [-0.3, -0.25) is 4.99 Å². The number of aliphatic imine (C=N–C) groups is 1. The van der Waals surface area contributed by atoms with E-state index in [1.165, 1.54) is 21.6 Å². The first kappa shape index (κ1) is 20.9. The summed E-state index contributed by atoms with van der Waals surface area (Å²) in [4.78, 5) is 8.41. The van der Waals surface area contributed by atoms with Gasteiger partial charge in [0.15, 0.2) is 0 Å². The molecule has 0 fully saturated rings. The minimum atomic E-state index is 0.260. The standard InChI is InChI=1S/C25H26ClN3S/c1-17(27)22(14-28-13-18-8-4-3-5-9-18)19-10-6-7-11-20(19)23-15-29(2)16-24-21(23)12-25(26)30-24/h3-12,14,23H,13,15-16,27H2,1-2H3/b22-17+,28-14?. The Bertz CT molecular complexity index is 1080. The molecule has 0 radical (unpaired) electrons. The van der Waals surface area contributed by atoms with Crippen molar-refractivity contribution in [2.24, 2.45) is 10.7 Å². The van der Waals surface area contributed by atoms with Crippen molar-refractivity contribution < 1.29 is 0 Å². The smallest absolute Gasteiger partial charge is 0.0934 e. The van der Waals surface area contributed by atoms with Gasteiger partial charge in [0, 0.05) is 41.4 Å². The maximum Gasteiger partial charge on any atom is 0.0934 e. The zero-order valence-corrected chi connectivity index (χ0v) is 18.9. The Morgan fingerprint density at radius 3 is 2.67 bits per heavy atom. The number of nitrogens with two attached hydrogens (primary N) is 1. The van der Waals surface area contributed by atoms with E-state index in [0.717, 1.165) is 34.3 Å². The fourth-order valence-electron chi connectivity index (χ4n) is 4.07. The molecule has 0 aliphatic carbocycles. The molecule has 1 aromatic heterocycles. The average molecular weight is 436 g/mol. The molecule has 3 nitrogen and oxygen atoms in total. The van der Waals surface area contributed by atoms with E-state index in [4.69, 9.17) is 22.3 Å². The summed E-state index contributed by atoms with van der Waals surface area (Å²) < 4.78 is 0.855. The zero-order valence-electron chi connectivity index (χ0n) is 17.3. The lowest BCUT2D eigenvalue weighted by Crippen LogP contribution is -2.30. The summed E-state index contributed by atoms with van der Waals surface area (Å²) >= 11 is 8.07. The highest BCUT2D eigenvalue weighted by Crippen LogP contribution is 2.41. The fourth-order valence-corrected chi connectivity index (χ4v) is 5.49. The molecule has 2 aromatic carbocycles. The van der Waals surface area contributed by atoms with Crippen molar-refractivity contribution in [3.63, 3.8) is 0 Å². The van der Waals surface area contributed by atoms with Gasteiger partial charge in [0.1, 0.15) is 0 Å². The maximum absolute atomic E-state index is 6.38. The number of hydrogen-bond donors (Lipinski definition) is 1. The third-order valence-corrected chi connectivity index (χ3v) is 6.75. The lowest BCUT2D eigenvalue weighted by Gasteiger charge is -2.31. The van der Waals surface area contributed by atoms with E-state index in [0.29, 0.717) is 6.54 Å². The van der Waals surface area contributed by atoms with Gasteiger partial charge in [0.2, 0.25) is 0 Å². The minimum absolute atomic E-state index is 0.260. The highest BCUT2D eigenvalue weighted by Gasteiger charge is 2.29. The zero-order chi connectivity index (χ0) is 21.1. The van der Waals surface area contributed by atoms with Gasteiger partial charge in [0.25, 0.3) is 0 Å². The van der Waals surface area contributed by atoms with E-state index in [9.17, 15) is 0 Å². The second kappa shape index (κ2) is 9.17. The summed E-state index contributed by atoms with van der Waals surface area (Å²) in [5.41, 5.74) is 13.0. The number of likely N-dealkylation sites (N-methyl/N-ethyl adjacent to an activating group) is 1. The quantitative estimate of drug-likeness (QED) is 0.504. The SMILES string of the molecule is C/C(N)=C(/C=NCc1ccccc1)c1ccccc1C1CN(C)Cc2sc(Cl)cc21. The van der Waals surface area contributed by atoms with Crippen LogP contribution in [0.25, 0.3) is 5.57 Å². The Labute approximate surface area is 187 Å². The molecule has 1 aliphatic rings. The number of halogens is 1. The topological polar surface area (TPSA) is 41.6 Å². The first-order chi connectivity index (χ1) is 14.5. The molecular weight excluding hydrogens is 410 g/mol. The Morgan fingerprint density at radius 1 is 1.17 bits per heavy atom. The van der Waals surface area contributed by atoms with E-state index in [2.05, 4.69) is 54.4 Å². The molecule has 1 aliphatic heterocycles. The highest BCUT2D eigenvalue weighted by atomic mass is 35.5. The van der Waals surface area contributed by atoms with Gasteiger partial charge >= 0.3 is 0 Å². The molecule has 0 spiro atoms. The van der Waals surface area contributed by atoms with Crippen LogP contribution >= 0.6 is 22.9 Å². The third kappa shape index (κ3) is 4.51. The number of hydrogen-bond acceptors (Lipinski definition) is 4. The Balaban J connectivity index is 1.71. The van der Waals surface area contributed by atoms with Crippen LogP contribution in [0.1, 0.15) is 40.0 Å². The highest BCUT2D eigenvalue weighted by molar-refractivity contribution is 7.16. The van der Waals surface area contributed by atoms with Crippen molar-refractivity contribution >= 4 is 34.7 Å². The minimum Gasteiger partial charge on any atom is -0.402 e. The lowest BCUT2D eigenvalue weighted by molar-refractivity contribution is 0.299. The Kier molecular flexibility index (Phi) is 6.38. The van der Waals surface area contributed by atoms with Gasteiger partial charge in [-0.2, -0.15) is 0 Å². The molecule has 0 bridgehead atoms. The van der Waals surface area contributed by atoms with Gasteiger partial charge in [-0.1, -0.05) is 66.2 Å². The largest absolute Gasteiger partial charge is 0.402 e. The molecular formula is C25H26ClN3S. The predicted molar refractivity (Wildman–Crippen MR) is 129 cm³/mol. The summed E-state index contributed by atoms with van der Waals surface area (Å²) in [5, 5.41) is 0. The number of fused-ring (bicyclic) bond motifs is 1. The van der Waals surface area contributed by atoms with Crippen LogP contribution in [0.5, 0.6) is 0 Å². The van der Waals surface area contributed by atoms with Crippen LogP contribution in [0.3, 0.4) is 0 Å². The van der Waals surface area contributed by atoms with E-state index >= 15 is 0 Å². The van der Waals surface area contributed by atoms with E-state index < -0.39 is 0 Å². The van der Waals surface area contributed by atoms with Crippen LogP contribution in [0.15, 0.2) is 71.4 Å². The predicted octanol–water partition coefficient (Wildman–Crippen LogP) is 5.94. The number of benzene rings is 2. The van der Waals surface area contributed by atoms with E-state index in [-0.39, 0.29) is 5.92 Å². The fraction of sp³-hybridized carbons (Fsp3) is 0.240. The molecule has 0 amide bonds. The number of nitrogens with zero attached hydrogens (tertiary/aromatic N) is 2. The summed E-state index contributed by atoms with van der Waals surface area (Å²) in [5.74, 6) is 0.260. The van der Waals surface area contributed by atoms with Gasteiger partial charge in [-0.05, 0) is 42.3 Å². The van der Waals surface area contributed by atoms with Crippen molar-refractivity contribution in [3.05, 3.63) is 97.8 Å². The Hall–Kier alpha value is -2.40. The molecule has 1 atom stereocenters. The first-order valence-corrected chi connectivity index (χ1v) is 11.3. The second-order valence-electron chi connectivity index (χ2n) is 7.82. The summed E-state index contributed by atoms with van der Waals surface area (Å²) in [7, 11) is 2.17. The van der Waals surface area contributed by atoms with Gasteiger partial charge in [-0.25, -0.2) is 0 Å². The third-order valence-electron chi connectivity index (χ3n) is 5.48. The van der Waals surface area contributed by atoms with E-state index in [1.807, 2.05) is 31.3 Å². The number of rotatable bonds is 5. The lowest BCUT2D eigenvalue weighted by atomic mass is 9.84. The summed E-state index contributed by atoms with van der Waals surface area (Å²) in [6.45, 7) is 4.48. The summed E-state index contributed by atoms with van der Waals surface area (Å²) in [6, 6.07) is 20.9. The van der Waals surface area contributed by atoms with Crippen molar-refractivity contribution in [1.29, 1.82) is 0 Å². The second-order valence-corrected chi connectivity index (χ2v) is 9.59. The number of thiophene rings is 1. The molecule has 1 unspecified atom stereocenters. The Morgan fingerprint density at radius 2 is 1.90 bits per heavy atom. The van der Waals surface area contributed by atoms with Crippen molar-refractivity contribution in [3.8, 4) is 0 Å². The van der Waals surface area contributed by atoms with Crippen molar-refractivity contribution in [1.82, 2.24) is 4.90 Å². The molecule has 0 saturated carbocycles.